The number of hydrogen-bond acceptors (Lipinski definition) is 6. The molecular weight excluding hydrogens is 338 g/mol. The maximum atomic E-state index is 12.0. The van der Waals surface area contributed by atoms with Gasteiger partial charge in [-0.15, -0.1) is 0 Å². The van der Waals surface area contributed by atoms with Crippen molar-refractivity contribution in [3.05, 3.63) is 59.7 Å². The maximum Gasteiger partial charge on any atom is 0.417 e. The van der Waals surface area contributed by atoms with Crippen LogP contribution in [0, 0.1) is 0 Å². The average Bonchev–Trinajstić information content (AvgIpc) is 2.62. The van der Waals surface area contributed by atoms with E-state index in [1.165, 1.54) is 18.2 Å². The van der Waals surface area contributed by atoms with Gasteiger partial charge >= 0.3 is 18.0 Å². The van der Waals surface area contributed by atoms with E-state index in [9.17, 15) is 14.4 Å². The summed E-state index contributed by atoms with van der Waals surface area (Å²) >= 11 is 0. The Hall–Kier alpha value is -3.35. The molecule has 136 valence electrons. The van der Waals surface area contributed by atoms with Crippen LogP contribution in [0.15, 0.2) is 48.5 Å². The number of anilines is 1. The number of carbonyl (C=O) groups is 3. The molecule has 0 aliphatic rings. The van der Waals surface area contributed by atoms with Crippen LogP contribution in [0.4, 0.5) is 10.5 Å². The molecule has 0 aromatic heterocycles. The molecule has 1 N–H and O–H groups in total. The third-order valence-corrected chi connectivity index (χ3v) is 3.16. The molecule has 2 aromatic carbocycles. The highest BCUT2D eigenvalue weighted by molar-refractivity contribution is 5.98. The quantitative estimate of drug-likeness (QED) is 0.794. The van der Waals surface area contributed by atoms with Crippen molar-refractivity contribution in [1.82, 2.24) is 0 Å². The summed E-state index contributed by atoms with van der Waals surface area (Å²) in [6.45, 7) is 3.70. The van der Waals surface area contributed by atoms with Gasteiger partial charge in [-0.1, -0.05) is 18.2 Å². The van der Waals surface area contributed by atoms with Crippen molar-refractivity contribution in [2.24, 2.45) is 0 Å². The number of para-hydroxylation sites is 1. The van der Waals surface area contributed by atoms with Crippen molar-refractivity contribution in [3.63, 3.8) is 0 Å². The van der Waals surface area contributed by atoms with Crippen molar-refractivity contribution in [2.45, 2.75) is 13.8 Å². The normalized spacial score (nSPS) is 9.92. The predicted octanol–water partition coefficient (Wildman–Crippen LogP) is 3.65. The molecule has 0 bridgehead atoms. The van der Waals surface area contributed by atoms with E-state index in [1.54, 1.807) is 44.2 Å². The number of esters is 2. The third kappa shape index (κ3) is 5.34. The Labute approximate surface area is 150 Å². The van der Waals surface area contributed by atoms with Gasteiger partial charge in [0.25, 0.3) is 0 Å². The number of nitrogens with one attached hydrogen (secondary N) is 1. The molecule has 2 rings (SSSR count). The van der Waals surface area contributed by atoms with E-state index in [-0.39, 0.29) is 30.0 Å². The van der Waals surface area contributed by atoms with Crippen molar-refractivity contribution in [2.75, 3.05) is 18.5 Å². The Bertz CT molecular complexity index is 752. The average molecular weight is 357 g/mol. The molecule has 0 spiro atoms. The van der Waals surface area contributed by atoms with Gasteiger partial charge in [-0.05, 0) is 44.2 Å². The SMILES string of the molecule is CCOC(=O)c1cc(NC(=O)Oc2ccccc2)cc(C(=O)OCC)c1. The van der Waals surface area contributed by atoms with Crippen LogP contribution in [-0.4, -0.2) is 31.2 Å². The molecule has 0 saturated carbocycles. The van der Waals surface area contributed by atoms with Gasteiger partial charge in [0.05, 0.1) is 24.3 Å². The molecule has 0 aliphatic carbocycles. The summed E-state index contributed by atoms with van der Waals surface area (Å²) in [4.78, 5) is 36.0. The molecule has 7 nitrogen and oxygen atoms in total. The lowest BCUT2D eigenvalue weighted by Gasteiger charge is -2.10. The first-order valence-electron chi connectivity index (χ1n) is 8.06. The van der Waals surface area contributed by atoms with Crippen LogP contribution >= 0.6 is 0 Å². The van der Waals surface area contributed by atoms with Gasteiger partial charge in [-0.3, -0.25) is 5.32 Å². The lowest BCUT2D eigenvalue weighted by molar-refractivity contribution is 0.0525. The summed E-state index contributed by atoms with van der Waals surface area (Å²) in [6.07, 6.45) is -0.757. The van der Waals surface area contributed by atoms with E-state index in [0.29, 0.717) is 5.75 Å². The van der Waals surface area contributed by atoms with E-state index >= 15 is 0 Å². The molecule has 0 saturated heterocycles. The molecule has 0 heterocycles. The zero-order valence-corrected chi connectivity index (χ0v) is 14.5. The summed E-state index contributed by atoms with van der Waals surface area (Å²) in [7, 11) is 0. The second-order valence-electron chi connectivity index (χ2n) is 5.07. The van der Waals surface area contributed by atoms with Crippen molar-refractivity contribution in [3.8, 4) is 5.75 Å². The number of benzene rings is 2. The van der Waals surface area contributed by atoms with E-state index in [1.807, 2.05) is 0 Å². The minimum Gasteiger partial charge on any atom is -0.462 e. The summed E-state index contributed by atoms with van der Waals surface area (Å²) < 4.78 is 15.0. The van der Waals surface area contributed by atoms with Gasteiger partial charge in [0.15, 0.2) is 0 Å². The summed E-state index contributed by atoms with van der Waals surface area (Å²) in [5, 5.41) is 2.49. The number of rotatable bonds is 6. The smallest absolute Gasteiger partial charge is 0.417 e. The molecule has 0 atom stereocenters. The topological polar surface area (TPSA) is 90.9 Å². The van der Waals surface area contributed by atoms with Gasteiger partial charge in [0.2, 0.25) is 0 Å². The van der Waals surface area contributed by atoms with E-state index in [2.05, 4.69) is 5.32 Å². The predicted molar refractivity (Wildman–Crippen MR) is 94.4 cm³/mol. The number of hydrogen-bond donors (Lipinski definition) is 1. The number of amides is 1. The lowest BCUT2D eigenvalue weighted by Crippen LogP contribution is -2.18. The van der Waals surface area contributed by atoms with E-state index in [0.717, 1.165) is 0 Å². The standard InChI is InChI=1S/C19H19NO6/c1-3-24-17(21)13-10-14(18(22)25-4-2)12-15(11-13)20-19(23)26-16-8-6-5-7-9-16/h5-12H,3-4H2,1-2H3,(H,20,23). The number of ether oxygens (including phenoxy) is 3. The van der Waals surface area contributed by atoms with Crippen molar-refractivity contribution >= 4 is 23.7 Å². The first kappa shape index (κ1) is 19.0. The van der Waals surface area contributed by atoms with Crippen molar-refractivity contribution in [1.29, 1.82) is 0 Å². The third-order valence-electron chi connectivity index (χ3n) is 3.16. The van der Waals surface area contributed by atoms with Crippen LogP contribution in [0.2, 0.25) is 0 Å². The second kappa shape index (κ2) is 9.22. The van der Waals surface area contributed by atoms with Crippen LogP contribution in [0.25, 0.3) is 0 Å². The van der Waals surface area contributed by atoms with Gasteiger partial charge in [-0.2, -0.15) is 0 Å². The highest BCUT2D eigenvalue weighted by Crippen LogP contribution is 2.18. The first-order chi connectivity index (χ1) is 12.5. The van der Waals surface area contributed by atoms with Crippen LogP contribution in [0.1, 0.15) is 34.6 Å². The Morgan fingerprint density at radius 3 is 1.88 bits per heavy atom. The van der Waals surface area contributed by atoms with Crippen LogP contribution < -0.4 is 10.1 Å². The molecule has 0 radical (unpaired) electrons. The lowest BCUT2D eigenvalue weighted by atomic mass is 10.1. The number of carbonyl (C=O) groups excluding carboxylic acids is 3. The van der Waals surface area contributed by atoms with E-state index < -0.39 is 18.0 Å². The maximum absolute atomic E-state index is 12.0. The second-order valence-corrected chi connectivity index (χ2v) is 5.07. The van der Waals surface area contributed by atoms with Crippen LogP contribution in [-0.2, 0) is 9.47 Å². The van der Waals surface area contributed by atoms with Gasteiger partial charge in [-0.25, -0.2) is 14.4 Å². The molecule has 0 fully saturated rings. The molecule has 0 aliphatic heterocycles. The Morgan fingerprint density at radius 1 is 0.846 bits per heavy atom. The molecule has 1 amide bonds. The van der Waals surface area contributed by atoms with Gasteiger partial charge in [0.1, 0.15) is 5.75 Å². The molecule has 7 heteroatoms. The Kier molecular flexibility index (Phi) is 6.73. The molecular formula is C19H19NO6. The minimum atomic E-state index is -0.757. The fourth-order valence-corrected chi connectivity index (χ4v) is 2.10. The van der Waals surface area contributed by atoms with E-state index in [4.69, 9.17) is 14.2 Å². The zero-order chi connectivity index (χ0) is 18.9. The van der Waals surface area contributed by atoms with Gasteiger partial charge < -0.3 is 14.2 Å². The first-order valence-corrected chi connectivity index (χ1v) is 8.06. The van der Waals surface area contributed by atoms with Crippen LogP contribution in [0.5, 0.6) is 5.75 Å². The zero-order valence-electron chi connectivity index (χ0n) is 14.5. The monoisotopic (exact) mass is 357 g/mol. The summed E-state index contributed by atoms with van der Waals surface area (Å²) in [6, 6.07) is 12.6. The molecule has 26 heavy (non-hydrogen) atoms. The van der Waals surface area contributed by atoms with Crippen LogP contribution in [0.3, 0.4) is 0 Å². The highest BCUT2D eigenvalue weighted by atomic mass is 16.6. The largest absolute Gasteiger partial charge is 0.462 e. The van der Waals surface area contributed by atoms with Gasteiger partial charge in [0, 0.05) is 5.69 Å². The summed E-state index contributed by atoms with van der Waals surface area (Å²) in [5.74, 6) is -0.867. The highest BCUT2D eigenvalue weighted by Gasteiger charge is 2.16. The molecule has 2 aromatic rings. The Morgan fingerprint density at radius 2 is 1.38 bits per heavy atom. The fourth-order valence-electron chi connectivity index (χ4n) is 2.10. The molecule has 0 unspecified atom stereocenters. The van der Waals surface area contributed by atoms with Crippen molar-refractivity contribution < 1.29 is 28.6 Å². The Balaban J connectivity index is 2.23. The minimum absolute atomic E-state index is 0.118. The fraction of sp³-hybridized carbons (Fsp3) is 0.211. The summed E-state index contributed by atoms with van der Waals surface area (Å²) in [5.41, 5.74) is 0.444.